The van der Waals surface area contributed by atoms with Gasteiger partial charge in [-0.1, -0.05) is 22.9 Å². The molecule has 0 saturated carbocycles. The van der Waals surface area contributed by atoms with Gasteiger partial charge in [0, 0.05) is 11.8 Å². The van der Waals surface area contributed by atoms with Crippen LogP contribution in [0, 0.1) is 6.92 Å². The third kappa shape index (κ3) is 4.11. The van der Waals surface area contributed by atoms with E-state index in [9.17, 15) is 13.2 Å². The molecule has 130 valence electrons. The lowest BCUT2D eigenvalue weighted by Crippen LogP contribution is -2.15. The van der Waals surface area contributed by atoms with Crippen molar-refractivity contribution in [3.8, 4) is 11.5 Å². The van der Waals surface area contributed by atoms with E-state index < -0.39 is 15.1 Å². The van der Waals surface area contributed by atoms with E-state index in [-0.39, 0.29) is 29.6 Å². The molecule has 9 nitrogen and oxygen atoms in total. The van der Waals surface area contributed by atoms with Crippen LogP contribution in [0.3, 0.4) is 0 Å². The fourth-order valence-corrected chi connectivity index (χ4v) is 2.48. The zero-order valence-electron chi connectivity index (χ0n) is 13.1. The number of carbonyl (C=O) groups is 1. The van der Waals surface area contributed by atoms with Gasteiger partial charge in [-0.25, -0.2) is 13.6 Å². The quantitative estimate of drug-likeness (QED) is 0.700. The van der Waals surface area contributed by atoms with Crippen LogP contribution >= 0.6 is 0 Å². The molecule has 0 atom stereocenters. The molecule has 0 aliphatic rings. The first-order valence-electron chi connectivity index (χ1n) is 7.12. The van der Waals surface area contributed by atoms with Gasteiger partial charge in [0.1, 0.15) is 6.26 Å². The van der Waals surface area contributed by atoms with Crippen LogP contribution in [0.4, 0.5) is 5.69 Å². The number of hydrogen-bond acceptors (Lipinski definition) is 7. The molecule has 0 aliphatic carbocycles. The number of rotatable bonds is 5. The summed E-state index contributed by atoms with van der Waals surface area (Å²) < 4.78 is 32.2. The minimum atomic E-state index is -3.96. The number of anilines is 1. The molecule has 0 fully saturated rings. The number of nitrogens with zero attached hydrogens (tertiary/aromatic N) is 2. The molecule has 2 heterocycles. The summed E-state index contributed by atoms with van der Waals surface area (Å²) in [6.07, 6.45) is 1.03. The predicted octanol–water partition coefficient (Wildman–Crippen LogP) is 1.47. The number of aromatic nitrogens is 2. The SMILES string of the molecule is Cc1ccc(NC(=O)Cc2noc(-c3coc(S(N)(=O)=O)c3)n2)cc1. The molecule has 2 aromatic heterocycles. The number of sulfonamides is 1. The van der Waals surface area contributed by atoms with Crippen LogP contribution in [0.5, 0.6) is 0 Å². The molecule has 3 aromatic rings. The molecule has 0 aliphatic heterocycles. The van der Waals surface area contributed by atoms with Crippen molar-refractivity contribution >= 4 is 21.6 Å². The number of furan rings is 1. The Bertz CT molecular complexity index is 1000. The maximum atomic E-state index is 12.0. The summed E-state index contributed by atoms with van der Waals surface area (Å²) >= 11 is 0. The van der Waals surface area contributed by atoms with E-state index >= 15 is 0 Å². The molecule has 25 heavy (non-hydrogen) atoms. The molecule has 0 saturated heterocycles. The van der Waals surface area contributed by atoms with Crippen LogP contribution < -0.4 is 10.5 Å². The fourth-order valence-electron chi connectivity index (χ4n) is 2.01. The van der Waals surface area contributed by atoms with Crippen molar-refractivity contribution in [2.45, 2.75) is 18.4 Å². The summed E-state index contributed by atoms with van der Waals surface area (Å²) in [4.78, 5) is 16.0. The molecular weight excluding hydrogens is 348 g/mol. The van der Waals surface area contributed by atoms with Gasteiger partial charge in [-0.05, 0) is 19.1 Å². The first-order valence-corrected chi connectivity index (χ1v) is 8.67. The van der Waals surface area contributed by atoms with E-state index in [1.165, 1.54) is 6.07 Å². The highest BCUT2D eigenvalue weighted by Gasteiger charge is 2.18. The Morgan fingerprint density at radius 1 is 1.28 bits per heavy atom. The van der Waals surface area contributed by atoms with Crippen LogP contribution in [0.1, 0.15) is 11.4 Å². The van der Waals surface area contributed by atoms with Crippen molar-refractivity contribution in [1.29, 1.82) is 0 Å². The number of amides is 1. The van der Waals surface area contributed by atoms with Gasteiger partial charge in [0.05, 0.1) is 12.0 Å². The van der Waals surface area contributed by atoms with Crippen molar-refractivity contribution in [3.63, 3.8) is 0 Å². The number of hydrogen-bond donors (Lipinski definition) is 2. The average molecular weight is 362 g/mol. The lowest BCUT2D eigenvalue weighted by Gasteiger charge is -2.03. The number of primary sulfonamides is 1. The Kier molecular flexibility index (Phi) is 4.38. The second kappa shape index (κ2) is 6.49. The standard InChI is InChI=1S/C15H14N4O5S/c1-9-2-4-11(5-3-9)17-13(20)7-12-18-15(24-19-12)10-6-14(23-8-10)25(16,21)22/h2-6,8H,7H2,1H3,(H,17,20)(H2,16,21,22). The van der Waals surface area contributed by atoms with Gasteiger partial charge < -0.3 is 14.3 Å². The molecule has 0 radical (unpaired) electrons. The highest BCUT2D eigenvalue weighted by atomic mass is 32.2. The Labute approximate surface area is 142 Å². The van der Waals surface area contributed by atoms with Crippen LogP contribution in [-0.2, 0) is 21.2 Å². The van der Waals surface area contributed by atoms with Crippen LogP contribution in [0.15, 0.2) is 50.6 Å². The number of carbonyl (C=O) groups excluding carboxylic acids is 1. The number of aryl methyl sites for hydroxylation is 1. The first kappa shape index (κ1) is 16.9. The van der Waals surface area contributed by atoms with E-state index in [0.29, 0.717) is 5.69 Å². The zero-order valence-corrected chi connectivity index (χ0v) is 13.9. The third-order valence-electron chi connectivity index (χ3n) is 3.22. The fraction of sp³-hybridized carbons (Fsp3) is 0.133. The van der Waals surface area contributed by atoms with E-state index in [1.54, 1.807) is 12.1 Å². The van der Waals surface area contributed by atoms with Gasteiger partial charge in [0.25, 0.3) is 15.9 Å². The lowest BCUT2D eigenvalue weighted by atomic mass is 10.2. The summed E-state index contributed by atoms with van der Waals surface area (Å²) in [5.74, 6) is -0.136. The minimum Gasteiger partial charge on any atom is -0.451 e. The molecule has 3 N–H and O–H groups in total. The highest BCUT2D eigenvalue weighted by Crippen LogP contribution is 2.22. The van der Waals surface area contributed by atoms with Crippen molar-refractivity contribution in [1.82, 2.24) is 10.1 Å². The van der Waals surface area contributed by atoms with Crippen molar-refractivity contribution in [3.05, 3.63) is 48.0 Å². The molecule has 0 unspecified atom stereocenters. The molecular formula is C15H14N4O5S. The third-order valence-corrected chi connectivity index (χ3v) is 4.00. The summed E-state index contributed by atoms with van der Waals surface area (Å²) in [6, 6.07) is 8.50. The summed E-state index contributed by atoms with van der Waals surface area (Å²) in [7, 11) is -3.96. The van der Waals surface area contributed by atoms with Gasteiger partial charge in [0.15, 0.2) is 5.82 Å². The van der Waals surface area contributed by atoms with Gasteiger partial charge in [-0.15, -0.1) is 0 Å². The molecule has 10 heteroatoms. The zero-order chi connectivity index (χ0) is 18.0. The topological polar surface area (TPSA) is 141 Å². The van der Waals surface area contributed by atoms with E-state index in [2.05, 4.69) is 15.5 Å². The number of nitrogens with one attached hydrogen (secondary N) is 1. The summed E-state index contributed by atoms with van der Waals surface area (Å²) in [5, 5.41) is 10.9. The van der Waals surface area contributed by atoms with Crippen molar-refractivity contribution in [2.75, 3.05) is 5.32 Å². The van der Waals surface area contributed by atoms with E-state index in [4.69, 9.17) is 14.1 Å². The summed E-state index contributed by atoms with van der Waals surface area (Å²) in [6.45, 7) is 1.95. The minimum absolute atomic E-state index is 0.0248. The Hall–Kier alpha value is -2.98. The van der Waals surface area contributed by atoms with E-state index in [1.807, 2.05) is 19.1 Å². The van der Waals surface area contributed by atoms with Crippen LogP contribution in [0.25, 0.3) is 11.5 Å². The second-order valence-corrected chi connectivity index (χ2v) is 6.80. The number of benzene rings is 1. The van der Waals surface area contributed by atoms with E-state index in [0.717, 1.165) is 11.8 Å². The average Bonchev–Trinajstić information content (AvgIpc) is 3.17. The second-order valence-electron chi connectivity index (χ2n) is 5.31. The molecule has 0 bridgehead atoms. The Morgan fingerprint density at radius 3 is 2.64 bits per heavy atom. The highest BCUT2D eigenvalue weighted by molar-refractivity contribution is 7.89. The van der Waals surface area contributed by atoms with Gasteiger partial charge in [-0.3, -0.25) is 4.79 Å². The maximum Gasteiger partial charge on any atom is 0.271 e. The summed E-state index contributed by atoms with van der Waals surface area (Å²) in [5.41, 5.74) is 1.99. The van der Waals surface area contributed by atoms with Crippen molar-refractivity contribution in [2.24, 2.45) is 5.14 Å². The molecule has 1 amide bonds. The van der Waals surface area contributed by atoms with Gasteiger partial charge in [0.2, 0.25) is 11.0 Å². The largest absolute Gasteiger partial charge is 0.451 e. The first-order chi connectivity index (χ1) is 11.8. The van der Waals surface area contributed by atoms with Crippen LogP contribution in [0.2, 0.25) is 0 Å². The smallest absolute Gasteiger partial charge is 0.271 e. The normalized spacial score (nSPS) is 11.4. The van der Waals surface area contributed by atoms with Gasteiger partial charge in [-0.2, -0.15) is 4.98 Å². The number of nitrogens with two attached hydrogens (primary N) is 1. The lowest BCUT2D eigenvalue weighted by molar-refractivity contribution is -0.115. The predicted molar refractivity (Wildman–Crippen MR) is 86.9 cm³/mol. The van der Waals surface area contributed by atoms with Crippen LogP contribution in [-0.4, -0.2) is 24.5 Å². The van der Waals surface area contributed by atoms with Gasteiger partial charge >= 0.3 is 0 Å². The monoisotopic (exact) mass is 362 g/mol. The van der Waals surface area contributed by atoms with Crippen molar-refractivity contribution < 1.29 is 22.2 Å². The Balaban J connectivity index is 1.68. The Morgan fingerprint density at radius 2 is 2.00 bits per heavy atom. The maximum absolute atomic E-state index is 12.0. The molecule has 1 aromatic carbocycles. The molecule has 3 rings (SSSR count). The molecule has 0 spiro atoms.